The van der Waals surface area contributed by atoms with E-state index in [2.05, 4.69) is 10.6 Å². The number of carbonyl (C=O) groups is 1. The van der Waals surface area contributed by atoms with Gasteiger partial charge in [0.2, 0.25) is 5.91 Å². The van der Waals surface area contributed by atoms with E-state index in [0.717, 1.165) is 11.3 Å². The summed E-state index contributed by atoms with van der Waals surface area (Å²) in [7, 11) is 1.88. The number of nitrogens with one attached hydrogen (secondary N) is 2. The van der Waals surface area contributed by atoms with E-state index in [9.17, 15) is 4.79 Å². The van der Waals surface area contributed by atoms with Crippen LogP contribution in [0, 0.1) is 0 Å². The maximum atomic E-state index is 11.9. The highest BCUT2D eigenvalue weighted by atomic mass is 16.5. The third kappa shape index (κ3) is 5.75. The first-order valence-electron chi connectivity index (χ1n) is 6.71. The summed E-state index contributed by atoms with van der Waals surface area (Å²) in [6, 6.07) is 7.94. The first-order chi connectivity index (χ1) is 9.02. The molecule has 0 aliphatic rings. The normalized spacial score (nSPS) is 12.3. The number of amides is 1. The lowest BCUT2D eigenvalue weighted by Crippen LogP contribution is -2.37. The van der Waals surface area contributed by atoms with Crippen LogP contribution in [0.1, 0.15) is 26.3 Å². The molecule has 1 atom stereocenters. The van der Waals surface area contributed by atoms with Gasteiger partial charge in [0, 0.05) is 18.2 Å². The van der Waals surface area contributed by atoms with Crippen molar-refractivity contribution in [2.24, 2.45) is 0 Å². The van der Waals surface area contributed by atoms with Gasteiger partial charge in [0.1, 0.15) is 5.75 Å². The van der Waals surface area contributed by atoms with Crippen LogP contribution in [0.3, 0.4) is 0 Å². The van der Waals surface area contributed by atoms with Crippen LogP contribution in [0.25, 0.3) is 0 Å². The highest BCUT2D eigenvalue weighted by Crippen LogP contribution is 2.19. The summed E-state index contributed by atoms with van der Waals surface area (Å²) in [5.41, 5.74) is 0.922. The predicted octanol–water partition coefficient (Wildman–Crippen LogP) is 1.74. The molecule has 0 radical (unpaired) electrons. The molecule has 0 aromatic heterocycles. The van der Waals surface area contributed by atoms with Crippen LogP contribution >= 0.6 is 0 Å². The van der Waals surface area contributed by atoms with E-state index in [0.29, 0.717) is 13.0 Å². The number of para-hydroxylation sites is 1. The fraction of sp³-hybridized carbons (Fsp3) is 0.533. The van der Waals surface area contributed by atoms with Gasteiger partial charge < -0.3 is 15.4 Å². The second-order valence-corrected chi connectivity index (χ2v) is 4.94. The lowest BCUT2D eigenvalue weighted by atomic mass is 10.1. The van der Waals surface area contributed by atoms with Crippen LogP contribution < -0.4 is 15.4 Å². The number of hydrogen-bond donors (Lipinski definition) is 2. The zero-order valence-electron chi connectivity index (χ0n) is 12.2. The molecule has 106 valence electrons. The van der Waals surface area contributed by atoms with Crippen LogP contribution in [0.2, 0.25) is 0 Å². The molecular formula is C15H24N2O2. The van der Waals surface area contributed by atoms with Crippen LogP contribution in [0.4, 0.5) is 0 Å². The molecule has 0 heterocycles. The van der Waals surface area contributed by atoms with E-state index in [1.165, 1.54) is 0 Å². The molecule has 0 saturated heterocycles. The highest BCUT2D eigenvalue weighted by Gasteiger charge is 2.10. The number of hydrogen-bond acceptors (Lipinski definition) is 3. The van der Waals surface area contributed by atoms with Gasteiger partial charge in [-0.3, -0.25) is 4.79 Å². The van der Waals surface area contributed by atoms with E-state index in [-0.39, 0.29) is 18.1 Å². The van der Waals surface area contributed by atoms with Gasteiger partial charge in [-0.2, -0.15) is 0 Å². The molecule has 1 amide bonds. The van der Waals surface area contributed by atoms with Crippen molar-refractivity contribution in [1.82, 2.24) is 10.6 Å². The first kappa shape index (κ1) is 15.5. The van der Waals surface area contributed by atoms with Crippen molar-refractivity contribution in [2.45, 2.75) is 39.3 Å². The molecule has 1 rings (SSSR count). The fourth-order valence-corrected chi connectivity index (χ4v) is 1.62. The van der Waals surface area contributed by atoms with Crippen LogP contribution in [0.5, 0.6) is 5.75 Å². The summed E-state index contributed by atoms with van der Waals surface area (Å²) in [6.07, 6.45) is 0.452. The van der Waals surface area contributed by atoms with E-state index >= 15 is 0 Å². The third-order valence-electron chi connectivity index (χ3n) is 2.78. The van der Waals surface area contributed by atoms with Gasteiger partial charge in [-0.15, -0.1) is 0 Å². The second-order valence-electron chi connectivity index (χ2n) is 4.94. The Kier molecular flexibility index (Phi) is 6.36. The Morgan fingerprint density at radius 2 is 1.95 bits per heavy atom. The molecule has 4 heteroatoms. The molecule has 0 aliphatic carbocycles. The van der Waals surface area contributed by atoms with Gasteiger partial charge in [0.25, 0.3) is 0 Å². The van der Waals surface area contributed by atoms with Crippen LogP contribution in [-0.4, -0.2) is 31.6 Å². The van der Waals surface area contributed by atoms with E-state index < -0.39 is 0 Å². The van der Waals surface area contributed by atoms with Crippen molar-refractivity contribution in [1.29, 1.82) is 0 Å². The number of carbonyl (C=O) groups excluding carboxylic acids is 1. The second kappa shape index (κ2) is 7.79. The lowest BCUT2D eigenvalue weighted by Gasteiger charge is -2.15. The quantitative estimate of drug-likeness (QED) is 0.788. The molecule has 1 aromatic carbocycles. The first-order valence-corrected chi connectivity index (χ1v) is 6.71. The molecule has 2 N–H and O–H groups in total. The van der Waals surface area contributed by atoms with E-state index in [1.54, 1.807) is 0 Å². The fourth-order valence-electron chi connectivity index (χ4n) is 1.62. The molecule has 0 spiro atoms. The Hall–Kier alpha value is -1.55. The number of likely N-dealkylation sites (N-methyl/N-ethyl adjacent to an activating group) is 1. The SMILES string of the molecule is CNC(C)CNC(=O)Cc1ccccc1OC(C)C. The van der Waals surface area contributed by atoms with Gasteiger partial charge in [-0.25, -0.2) is 0 Å². The number of rotatable bonds is 7. The molecule has 0 fully saturated rings. The summed E-state index contributed by atoms with van der Waals surface area (Å²) in [6.45, 7) is 6.61. The number of benzene rings is 1. The Labute approximate surface area is 115 Å². The van der Waals surface area contributed by atoms with Crippen LogP contribution in [-0.2, 0) is 11.2 Å². The van der Waals surface area contributed by atoms with Crippen molar-refractivity contribution in [3.05, 3.63) is 29.8 Å². The molecule has 4 nitrogen and oxygen atoms in total. The molecule has 0 bridgehead atoms. The molecule has 0 aliphatic heterocycles. The highest BCUT2D eigenvalue weighted by molar-refractivity contribution is 5.79. The molecule has 19 heavy (non-hydrogen) atoms. The number of ether oxygens (including phenoxy) is 1. The minimum absolute atomic E-state index is 0.0157. The largest absolute Gasteiger partial charge is 0.491 e. The van der Waals surface area contributed by atoms with E-state index in [1.807, 2.05) is 52.1 Å². The predicted molar refractivity (Wildman–Crippen MR) is 77.4 cm³/mol. The maximum Gasteiger partial charge on any atom is 0.224 e. The zero-order valence-corrected chi connectivity index (χ0v) is 12.2. The van der Waals surface area contributed by atoms with Crippen molar-refractivity contribution in [3.8, 4) is 5.75 Å². The van der Waals surface area contributed by atoms with Crippen molar-refractivity contribution < 1.29 is 9.53 Å². The summed E-state index contributed by atoms with van der Waals surface area (Å²) in [4.78, 5) is 11.9. The maximum absolute atomic E-state index is 11.9. The van der Waals surface area contributed by atoms with Gasteiger partial charge >= 0.3 is 0 Å². The zero-order chi connectivity index (χ0) is 14.3. The Bertz CT molecular complexity index is 405. The van der Waals surface area contributed by atoms with Crippen molar-refractivity contribution in [3.63, 3.8) is 0 Å². The molecule has 1 unspecified atom stereocenters. The Balaban J connectivity index is 2.58. The lowest BCUT2D eigenvalue weighted by molar-refractivity contribution is -0.120. The molecular weight excluding hydrogens is 240 g/mol. The molecule has 0 saturated carbocycles. The van der Waals surface area contributed by atoms with Gasteiger partial charge in [-0.1, -0.05) is 18.2 Å². The average Bonchev–Trinajstić information content (AvgIpc) is 2.37. The van der Waals surface area contributed by atoms with Gasteiger partial charge in [0.15, 0.2) is 0 Å². The topological polar surface area (TPSA) is 50.4 Å². The Morgan fingerprint density at radius 1 is 1.26 bits per heavy atom. The van der Waals surface area contributed by atoms with Gasteiger partial charge in [0.05, 0.1) is 12.5 Å². The van der Waals surface area contributed by atoms with Crippen molar-refractivity contribution in [2.75, 3.05) is 13.6 Å². The van der Waals surface area contributed by atoms with E-state index in [4.69, 9.17) is 4.74 Å². The summed E-state index contributed by atoms with van der Waals surface area (Å²) < 4.78 is 5.70. The van der Waals surface area contributed by atoms with Gasteiger partial charge in [-0.05, 0) is 33.9 Å². The standard InChI is InChI=1S/C15H24N2O2/c1-11(2)19-14-8-6-5-7-13(14)9-15(18)17-10-12(3)16-4/h5-8,11-12,16H,9-10H2,1-4H3,(H,17,18). The molecule has 1 aromatic rings. The Morgan fingerprint density at radius 3 is 2.58 bits per heavy atom. The smallest absolute Gasteiger partial charge is 0.224 e. The average molecular weight is 264 g/mol. The minimum atomic E-state index is 0.0157. The third-order valence-corrected chi connectivity index (χ3v) is 2.78. The summed E-state index contributed by atoms with van der Waals surface area (Å²) in [5.74, 6) is 0.802. The van der Waals surface area contributed by atoms with Crippen molar-refractivity contribution >= 4 is 5.91 Å². The minimum Gasteiger partial charge on any atom is -0.491 e. The van der Waals surface area contributed by atoms with Crippen LogP contribution in [0.15, 0.2) is 24.3 Å². The summed E-state index contributed by atoms with van der Waals surface area (Å²) in [5, 5.41) is 5.99. The summed E-state index contributed by atoms with van der Waals surface area (Å²) >= 11 is 0. The monoisotopic (exact) mass is 264 g/mol.